The van der Waals surface area contributed by atoms with Crippen LogP contribution in [0.5, 0.6) is 0 Å². The minimum atomic E-state index is -0.496. The number of imidazole rings is 1. The van der Waals surface area contributed by atoms with E-state index in [1.807, 2.05) is 32.4 Å². The molecule has 6 nitrogen and oxygen atoms in total. The van der Waals surface area contributed by atoms with Gasteiger partial charge in [0.2, 0.25) is 0 Å². The minimum absolute atomic E-state index is 0.391. The number of amides is 1. The number of carbonyl (C=O) groups is 1. The number of aromatic nitrogens is 2. The maximum Gasteiger partial charge on any atom is 0.408 e. The summed E-state index contributed by atoms with van der Waals surface area (Å²) in [7, 11) is 1.93. The van der Waals surface area contributed by atoms with Gasteiger partial charge in [-0.25, -0.2) is 9.78 Å². The van der Waals surface area contributed by atoms with Crippen LogP contribution in [-0.4, -0.2) is 34.3 Å². The lowest BCUT2D eigenvalue weighted by atomic mass is 9.94. The van der Waals surface area contributed by atoms with Crippen LogP contribution < -0.4 is 10.6 Å². The maximum absolute atomic E-state index is 12.0. The van der Waals surface area contributed by atoms with E-state index < -0.39 is 17.2 Å². The van der Waals surface area contributed by atoms with Crippen LogP contribution in [0.3, 0.4) is 0 Å². The first-order valence-electron chi connectivity index (χ1n) is 6.51. The Morgan fingerprint density at radius 2 is 2.32 bits per heavy atom. The van der Waals surface area contributed by atoms with E-state index in [9.17, 15) is 4.79 Å². The minimum Gasteiger partial charge on any atom is -0.444 e. The normalized spacial score (nSPS) is 23.4. The third-order valence-corrected chi connectivity index (χ3v) is 3.20. The lowest BCUT2D eigenvalue weighted by Gasteiger charge is -2.31. The fourth-order valence-electron chi connectivity index (χ4n) is 2.40. The number of rotatable bonds is 2. The summed E-state index contributed by atoms with van der Waals surface area (Å²) in [6.45, 7) is 7.12. The standard InChI is InChI=1S/C13H22N4O2/c1-12(2,3)19-11(18)16-13(5-6-14-8-13)10-7-15-9-17(10)4/h7,9,14H,5-6,8H2,1-4H3,(H,16,18). The van der Waals surface area contributed by atoms with Gasteiger partial charge < -0.3 is 19.9 Å². The molecule has 1 aliphatic rings. The van der Waals surface area contributed by atoms with Gasteiger partial charge in [0, 0.05) is 13.6 Å². The van der Waals surface area contributed by atoms with Gasteiger partial charge in [-0.2, -0.15) is 0 Å². The van der Waals surface area contributed by atoms with Crippen molar-refractivity contribution in [1.82, 2.24) is 20.2 Å². The molecule has 1 saturated heterocycles. The van der Waals surface area contributed by atoms with Gasteiger partial charge in [0.05, 0.1) is 23.8 Å². The highest BCUT2D eigenvalue weighted by molar-refractivity contribution is 5.69. The predicted molar refractivity (Wildman–Crippen MR) is 71.7 cm³/mol. The van der Waals surface area contributed by atoms with Crippen LogP contribution in [0.4, 0.5) is 4.79 Å². The van der Waals surface area contributed by atoms with Crippen molar-refractivity contribution in [2.45, 2.75) is 38.3 Å². The molecule has 1 unspecified atom stereocenters. The maximum atomic E-state index is 12.0. The van der Waals surface area contributed by atoms with Gasteiger partial charge in [-0.3, -0.25) is 0 Å². The van der Waals surface area contributed by atoms with Crippen LogP contribution in [0.1, 0.15) is 32.9 Å². The third kappa shape index (κ3) is 3.07. The van der Waals surface area contributed by atoms with Gasteiger partial charge in [0.25, 0.3) is 0 Å². The van der Waals surface area contributed by atoms with E-state index >= 15 is 0 Å². The summed E-state index contributed by atoms with van der Waals surface area (Å²) in [6.07, 6.45) is 3.97. The Labute approximate surface area is 113 Å². The van der Waals surface area contributed by atoms with Gasteiger partial charge in [-0.05, 0) is 33.7 Å². The second kappa shape index (κ2) is 4.85. The van der Waals surface area contributed by atoms with Gasteiger partial charge in [0.15, 0.2) is 0 Å². The topological polar surface area (TPSA) is 68.2 Å². The molecule has 106 valence electrons. The lowest BCUT2D eigenvalue weighted by molar-refractivity contribution is 0.0457. The highest BCUT2D eigenvalue weighted by Crippen LogP contribution is 2.27. The zero-order chi connectivity index (χ0) is 14.1. The zero-order valence-electron chi connectivity index (χ0n) is 12.0. The molecule has 19 heavy (non-hydrogen) atoms. The molecule has 2 N–H and O–H groups in total. The van der Waals surface area contributed by atoms with E-state index in [1.54, 1.807) is 12.5 Å². The van der Waals surface area contributed by atoms with Crippen LogP contribution in [0.2, 0.25) is 0 Å². The van der Waals surface area contributed by atoms with Crippen molar-refractivity contribution >= 4 is 6.09 Å². The van der Waals surface area contributed by atoms with Gasteiger partial charge in [-0.1, -0.05) is 0 Å². The summed E-state index contributed by atoms with van der Waals surface area (Å²) in [5.74, 6) is 0. The molecule has 0 spiro atoms. The molecule has 0 saturated carbocycles. The summed E-state index contributed by atoms with van der Waals surface area (Å²) >= 11 is 0. The molecule has 0 bridgehead atoms. The van der Waals surface area contributed by atoms with Crippen LogP contribution in [0, 0.1) is 0 Å². The molecule has 2 heterocycles. The number of carbonyl (C=O) groups excluding carboxylic acids is 1. The molecule has 0 radical (unpaired) electrons. The first kappa shape index (κ1) is 13.9. The Kier molecular flexibility index (Phi) is 3.54. The van der Waals surface area contributed by atoms with E-state index in [1.165, 1.54) is 0 Å². The molecule has 1 aromatic heterocycles. The van der Waals surface area contributed by atoms with E-state index in [4.69, 9.17) is 4.74 Å². The molecule has 1 fully saturated rings. The quantitative estimate of drug-likeness (QED) is 0.842. The van der Waals surface area contributed by atoms with E-state index in [2.05, 4.69) is 15.6 Å². The number of hydrogen-bond donors (Lipinski definition) is 2. The summed E-state index contributed by atoms with van der Waals surface area (Å²) in [5, 5.41) is 6.29. The second-order valence-electron chi connectivity index (χ2n) is 6.03. The zero-order valence-corrected chi connectivity index (χ0v) is 12.0. The van der Waals surface area contributed by atoms with Crippen LogP contribution >= 0.6 is 0 Å². The van der Waals surface area contributed by atoms with E-state index in [-0.39, 0.29) is 0 Å². The van der Waals surface area contributed by atoms with Crippen LogP contribution in [0.15, 0.2) is 12.5 Å². The Bertz CT molecular complexity index is 455. The van der Waals surface area contributed by atoms with Gasteiger partial charge in [-0.15, -0.1) is 0 Å². The summed E-state index contributed by atoms with van der Waals surface area (Å²) in [4.78, 5) is 16.2. The van der Waals surface area contributed by atoms with Crippen LogP contribution in [0.25, 0.3) is 0 Å². The average molecular weight is 266 g/mol. The Hall–Kier alpha value is -1.56. The highest BCUT2D eigenvalue weighted by Gasteiger charge is 2.40. The van der Waals surface area contributed by atoms with Gasteiger partial charge in [0.1, 0.15) is 5.60 Å². The van der Waals surface area contributed by atoms with Crippen molar-refractivity contribution in [1.29, 1.82) is 0 Å². The molecule has 1 aromatic rings. The molecule has 6 heteroatoms. The molecule has 0 aromatic carbocycles. The largest absolute Gasteiger partial charge is 0.444 e. The number of alkyl carbamates (subject to hydrolysis) is 1. The van der Waals surface area contributed by atoms with E-state index in [0.29, 0.717) is 6.54 Å². The van der Waals surface area contributed by atoms with E-state index in [0.717, 1.165) is 18.7 Å². The average Bonchev–Trinajstić information content (AvgIpc) is 2.84. The monoisotopic (exact) mass is 266 g/mol. The highest BCUT2D eigenvalue weighted by atomic mass is 16.6. The lowest BCUT2D eigenvalue weighted by Crippen LogP contribution is -2.50. The third-order valence-electron chi connectivity index (χ3n) is 3.20. The van der Waals surface area contributed by atoms with Crippen molar-refractivity contribution < 1.29 is 9.53 Å². The molecule has 1 aliphatic heterocycles. The number of hydrogen-bond acceptors (Lipinski definition) is 4. The van der Waals surface area contributed by atoms with Crippen molar-refractivity contribution in [3.63, 3.8) is 0 Å². The summed E-state index contributed by atoms with van der Waals surface area (Å²) in [6, 6.07) is 0. The number of nitrogens with one attached hydrogen (secondary N) is 2. The molecular weight excluding hydrogens is 244 g/mol. The van der Waals surface area contributed by atoms with Crippen molar-refractivity contribution in [3.8, 4) is 0 Å². The molecule has 1 atom stereocenters. The number of ether oxygens (including phenoxy) is 1. The Balaban J connectivity index is 2.18. The van der Waals surface area contributed by atoms with Gasteiger partial charge >= 0.3 is 6.09 Å². The summed E-state index contributed by atoms with van der Waals surface area (Å²) in [5.41, 5.74) is 0.0560. The SMILES string of the molecule is Cn1cncc1C1(NC(=O)OC(C)(C)C)CCNC1. The predicted octanol–water partition coefficient (Wildman–Crippen LogP) is 1.13. The van der Waals surface area contributed by atoms with Crippen molar-refractivity contribution in [2.75, 3.05) is 13.1 Å². The second-order valence-corrected chi connectivity index (χ2v) is 6.03. The van der Waals surface area contributed by atoms with Crippen molar-refractivity contribution in [2.24, 2.45) is 7.05 Å². The first-order chi connectivity index (χ1) is 8.82. The molecular formula is C13H22N4O2. The molecule has 2 rings (SSSR count). The fraction of sp³-hybridized carbons (Fsp3) is 0.692. The number of nitrogens with zero attached hydrogens (tertiary/aromatic N) is 2. The first-order valence-corrected chi connectivity index (χ1v) is 6.51. The fourth-order valence-corrected chi connectivity index (χ4v) is 2.40. The number of aryl methyl sites for hydroxylation is 1. The van der Waals surface area contributed by atoms with Crippen LogP contribution in [-0.2, 0) is 17.3 Å². The Morgan fingerprint density at radius 3 is 2.79 bits per heavy atom. The summed E-state index contributed by atoms with van der Waals surface area (Å²) < 4.78 is 7.29. The van der Waals surface area contributed by atoms with Crippen molar-refractivity contribution in [3.05, 3.63) is 18.2 Å². The molecule has 1 amide bonds. The smallest absolute Gasteiger partial charge is 0.408 e. The Morgan fingerprint density at radius 1 is 1.58 bits per heavy atom. The molecule has 0 aliphatic carbocycles.